The first-order chi connectivity index (χ1) is 5.86. The summed E-state index contributed by atoms with van der Waals surface area (Å²) in [6.07, 6.45) is 13.2. The minimum atomic E-state index is 1.000. The van der Waals surface area contributed by atoms with Gasteiger partial charge >= 0.3 is 0 Å². The smallest absolute Gasteiger partial charge is 0.0322 e. The monoisotopic (exact) mass is 166 g/mol. The summed E-state index contributed by atoms with van der Waals surface area (Å²) in [6, 6.07) is 0. The van der Waals surface area contributed by atoms with Gasteiger partial charge in [-0.25, -0.2) is 0 Å². The van der Waals surface area contributed by atoms with Crippen LogP contribution in [0, 0.1) is 11.8 Å². The van der Waals surface area contributed by atoms with Gasteiger partial charge in [0.05, 0.1) is 0 Å². The minimum absolute atomic E-state index is 1.000. The van der Waals surface area contributed by atoms with E-state index in [9.17, 15) is 0 Å². The SMILES string of the molecule is C/C=C/CC1CCCC(CC)C1. The molecular formula is C12H22. The standard InChI is InChI=1S/C12H22/c1-3-5-7-12-9-6-8-11(4-2)10-12/h3,5,11-12H,4,6-10H2,1-2H3/b5-3+. The number of rotatable bonds is 3. The van der Waals surface area contributed by atoms with Crippen molar-refractivity contribution in [1.82, 2.24) is 0 Å². The van der Waals surface area contributed by atoms with Gasteiger partial charge in [0, 0.05) is 0 Å². The van der Waals surface area contributed by atoms with Crippen LogP contribution in [0.4, 0.5) is 0 Å². The molecule has 0 heteroatoms. The zero-order valence-corrected chi connectivity index (χ0v) is 8.55. The summed E-state index contributed by atoms with van der Waals surface area (Å²) in [5, 5.41) is 0. The Morgan fingerprint density at radius 1 is 1.25 bits per heavy atom. The Labute approximate surface area is 77.1 Å². The third-order valence-electron chi connectivity index (χ3n) is 3.17. The lowest BCUT2D eigenvalue weighted by molar-refractivity contribution is 0.262. The Kier molecular flexibility index (Phi) is 4.42. The second-order valence-electron chi connectivity index (χ2n) is 4.11. The molecule has 0 aliphatic heterocycles. The van der Waals surface area contributed by atoms with Gasteiger partial charge in [0.15, 0.2) is 0 Å². The van der Waals surface area contributed by atoms with E-state index in [0.29, 0.717) is 0 Å². The van der Waals surface area contributed by atoms with Gasteiger partial charge in [-0.3, -0.25) is 0 Å². The second kappa shape index (κ2) is 5.40. The molecule has 0 spiro atoms. The maximum atomic E-state index is 2.34. The summed E-state index contributed by atoms with van der Waals surface area (Å²) in [7, 11) is 0. The average Bonchev–Trinajstić information content (AvgIpc) is 2.15. The molecule has 0 bridgehead atoms. The van der Waals surface area contributed by atoms with Crippen LogP contribution in [0.1, 0.15) is 52.4 Å². The van der Waals surface area contributed by atoms with Crippen molar-refractivity contribution in [2.45, 2.75) is 52.4 Å². The van der Waals surface area contributed by atoms with Crippen molar-refractivity contribution in [1.29, 1.82) is 0 Å². The van der Waals surface area contributed by atoms with Crippen LogP contribution in [0.25, 0.3) is 0 Å². The molecule has 0 aromatic heterocycles. The van der Waals surface area contributed by atoms with Crippen molar-refractivity contribution < 1.29 is 0 Å². The van der Waals surface area contributed by atoms with Crippen LogP contribution in [0.2, 0.25) is 0 Å². The van der Waals surface area contributed by atoms with Gasteiger partial charge in [-0.2, -0.15) is 0 Å². The van der Waals surface area contributed by atoms with Crippen molar-refractivity contribution in [3.8, 4) is 0 Å². The zero-order chi connectivity index (χ0) is 8.81. The fraction of sp³-hybridized carbons (Fsp3) is 0.833. The third-order valence-corrected chi connectivity index (χ3v) is 3.17. The highest BCUT2D eigenvalue weighted by atomic mass is 14.2. The van der Waals surface area contributed by atoms with Crippen molar-refractivity contribution in [2.24, 2.45) is 11.8 Å². The summed E-state index contributed by atoms with van der Waals surface area (Å²) in [6.45, 7) is 4.46. The molecule has 1 aliphatic rings. The highest BCUT2D eigenvalue weighted by molar-refractivity contribution is 4.83. The molecule has 12 heavy (non-hydrogen) atoms. The first-order valence-electron chi connectivity index (χ1n) is 5.48. The van der Waals surface area contributed by atoms with Crippen LogP contribution in [0.15, 0.2) is 12.2 Å². The molecule has 70 valence electrons. The van der Waals surface area contributed by atoms with Gasteiger partial charge in [0.1, 0.15) is 0 Å². The Morgan fingerprint density at radius 2 is 2.00 bits per heavy atom. The quantitative estimate of drug-likeness (QED) is 0.552. The molecule has 2 atom stereocenters. The zero-order valence-electron chi connectivity index (χ0n) is 8.55. The molecule has 0 aromatic rings. The van der Waals surface area contributed by atoms with Gasteiger partial charge < -0.3 is 0 Å². The van der Waals surface area contributed by atoms with Crippen LogP contribution in [-0.2, 0) is 0 Å². The molecule has 1 aliphatic carbocycles. The molecule has 0 radical (unpaired) electrons. The van der Waals surface area contributed by atoms with Crippen LogP contribution in [0.3, 0.4) is 0 Å². The van der Waals surface area contributed by atoms with Gasteiger partial charge in [-0.15, -0.1) is 0 Å². The highest BCUT2D eigenvalue weighted by Gasteiger charge is 2.19. The van der Waals surface area contributed by atoms with Crippen LogP contribution >= 0.6 is 0 Å². The van der Waals surface area contributed by atoms with Gasteiger partial charge in [0.2, 0.25) is 0 Å². The Balaban J connectivity index is 2.25. The molecule has 0 N–H and O–H groups in total. The Hall–Kier alpha value is -0.260. The average molecular weight is 166 g/mol. The predicted molar refractivity (Wildman–Crippen MR) is 55.2 cm³/mol. The molecule has 2 unspecified atom stereocenters. The summed E-state index contributed by atoms with van der Waals surface area (Å²) in [5.74, 6) is 2.04. The van der Waals surface area contributed by atoms with E-state index in [-0.39, 0.29) is 0 Å². The van der Waals surface area contributed by atoms with Gasteiger partial charge in [-0.05, 0) is 31.6 Å². The molecule has 0 aromatic carbocycles. The van der Waals surface area contributed by atoms with Crippen molar-refractivity contribution in [3.63, 3.8) is 0 Å². The number of hydrogen-bond donors (Lipinski definition) is 0. The van der Waals surface area contributed by atoms with Gasteiger partial charge in [-0.1, -0.05) is 44.8 Å². The molecule has 1 rings (SSSR count). The summed E-state index contributed by atoms with van der Waals surface area (Å²) >= 11 is 0. The molecular weight excluding hydrogens is 144 g/mol. The maximum Gasteiger partial charge on any atom is -0.0322 e. The van der Waals surface area contributed by atoms with Crippen LogP contribution in [-0.4, -0.2) is 0 Å². The van der Waals surface area contributed by atoms with E-state index in [0.717, 1.165) is 11.8 Å². The van der Waals surface area contributed by atoms with E-state index in [4.69, 9.17) is 0 Å². The minimum Gasteiger partial charge on any atom is -0.0917 e. The lowest BCUT2D eigenvalue weighted by Gasteiger charge is -2.27. The van der Waals surface area contributed by atoms with E-state index in [1.165, 1.54) is 38.5 Å². The lowest BCUT2D eigenvalue weighted by atomic mass is 9.79. The molecule has 1 saturated carbocycles. The molecule has 1 fully saturated rings. The summed E-state index contributed by atoms with van der Waals surface area (Å²) in [4.78, 5) is 0. The first kappa shape index (κ1) is 9.83. The molecule has 0 heterocycles. The largest absolute Gasteiger partial charge is 0.0917 e. The van der Waals surface area contributed by atoms with Crippen molar-refractivity contribution in [3.05, 3.63) is 12.2 Å². The first-order valence-corrected chi connectivity index (χ1v) is 5.48. The maximum absolute atomic E-state index is 2.34. The summed E-state index contributed by atoms with van der Waals surface area (Å²) in [5.41, 5.74) is 0. The number of hydrogen-bond acceptors (Lipinski definition) is 0. The summed E-state index contributed by atoms with van der Waals surface area (Å²) < 4.78 is 0. The van der Waals surface area contributed by atoms with Crippen molar-refractivity contribution >= 4 is 0 Å². The van der Waals surface area contributed by atoms with Crippen molar-refractivity contribution in [2.75, 3.05) is 0 Å². The Bertz CT molecular complexity index is 135. The Morgan fingerprint density at radius 3 is 2.67 bits per heavy atom. The van der Waals surface area contributed by atoms with Gasteiger partial charge in [0.25, 0.3) is 0 Å². The fourth-order valence-electron chi connectivity index (χ4n) is 2.32. The number of allylic oxidation sites excluding steroid dienone is 2. The molecule has 0 saturated heterocycles. The topological polar surface area (TPSA) is 0 Å². The van der Waals surface area contributed by atoms with Crippen LogP contribution < -0.4 is 0 Å². The van der Waals surface area contributed by atoms with E-state index in [2.05, 4.69) is 26.0 Å². The van der Waals surface area contributed by atoms with E-state index < -0.39 is 0 Å². The van der Waals surface area contributed by atoms with E-state index >= 15 is 0 Å². The third kappa shape index (κ3) is 3.00. The predicted octanol–water partition coefficient (Wildman–Crippen LogP) is 4.17. The van der Waals surface area contributed by atoms with Crippen LogP contribution in [0.5, 0.6) is 0 Å². The normalized spacial score (nSPS) is 31.2. The van der Waals surface area contributed by atoms with E-state index in [1.54, 1.807) is 0 Å². The lowest BCUT2D eigenvalue weighted by Crippen LogP contribution is -2.14. The molecule has 0 nitrogen and oxygen atoms in total. The highest BCUT2D eigenvalue weighted by Crippen LogP contribution is 2.32. The second-order valence-corrected chi connectivity index (χ2v) is 4.11. The molecule has 0 amide bonds. The van der Waals surface area contributed by atoms with E-state index in [1.807, 2.05) is 0 Å². The fourth-order valence-corrected chi connectivity index (χ4v) is 2.32.